The summed E-state index contributed by atoms with van der Waals surface area (Å²) in [6.07, 6.45) is 9.04. The van der Waals surface area contributed by atoms with Gasteiger partial charge in [0.05, 0.1) is 8.47 Å². The zero-order valence-corrected chi connectivity index (χ0v) is 19.4. The fourth-order valence-electron chi connectivity index (χ4n) is 2.50. The molecular formula is C19H18N2O2S5. The topological polar surface area (TPSA) is 40.6 Å². The first-order chi connectivity index (χ1) is 13.6. The molecule has 1 saturated heterocycles. The van der Waals surface area contributed by atoms with Gasteiger partial charge in [-0.2, -0.15) is 0 Å². The van der Waals surface area contributed by atoms with Gasteiger partial charge in [0.25, 0.3) is 11.8 Å². The minimum absolute atomic E-state index is 0.141. The number of nitrogens with zero attached hydrogens (tertiary/aromatic N) is 2. The minimum atomic E-state index is -0.335. The van der Waals surface area contributed by atoms with E-state index in [1.54, 1.807) is 59.2 Å². The molecule has 4 nitrogen and oxygen atoms in total. The van der Waals surface area contributed by atoms with Crippen molar-refractivity contribution in [2.75, 3.05) is 13.1 Å². The van der Waals surface area contributed by atoms with Crippen molar-refractivity contribution in [3.05, 3.63) is 65.6 Å². The van der Waals surface area contributed by atoms with E-state index in [-0.39, 0.29) is 22.5 Å². The van der Waals surface area contributed by atoms with Crippen LogP contribution in [0.25, 0.3) is 0 Å². The van der Waals surface area contributed by atoms with Gasteiger partial charge in [0.15, 0.2) is 5.11 Å². The lowest BCUT2D eigenvalue weighted by Gasteiger charge is -2.35. The molecule has 3 aliphatic rings. The summed E-state index contributed by atoms with van der Waals surface area (Å²) >= 11 is 12.3. The molecule has 0 aromatic carbocycles. The molecule has 0 radical (unpaired) electrons. The summed E-state index contributed by atoms with van der Waals surface area (Å²) in [6, 6.07) is 0. The molecule has 0 spiro atoms. The van der Waals surface area contributed by atoms with E-state index in [0.717, 1.165) is 0 Å². The third-order valence-electron chi connectivity index (χ3n) is 3.86. The molecule has 146 valence electrons. The van der Waals surface area contributed by atoms with Crippen molar-refractivity contribution >= 4 is 76.2 Å². The van der Waals surface area contributed by atoms with Crippen LogP contribution in [-0.4, -0.2) is 39.8 Å². The van der Waals surface area contributed by atoms with Crippen LogP contribution in [0.4, 0.5) is 0 Å². The Morgan fingerprint density at radius 2 is 1.57 bits per heavy atom. The number of amides is 2. The van der Waals surface area contributed by atoms with Crippen LogP contribution in [0.15, 0.2) is 65.6 Å². The van der Waals surface area contributed by atoms with E-state index in [1.807, 2.05) is 32.1 Å². The summed E-state index contributed by atoms with van der Waals surface area (Å²) in [5, 5.41) is 6.60. The van der Waals surface area contributed by atoms with Gasteiger partial charge in [-0.3, -0.25) is 19.4 Å². The van der Waals surface area contributed by atoms with E-state index < -0.39 is 0 Å². The number of carbonyl (C=O) groups is 2. The quantitative estimate of drug-likeness (QED) is 0.232. The molecule has 0 aromatic rings. The SMILES string of the molecule is CCN1C(=O)C(=C/C=C/C=C/C2=CSC(=C3SC=CS3)S2)C(=O)N(CC)C1=S. The lowest BCUT2D eigenvalue weighted by Crippen LogP contribution is -2.55. The van der Waals surface area contributed by atoms with Crippen LogP contribution < -0.4 is 0 Å². The second-order valence-electron chi connectivity index (χ2n) is 5.53. The highest BCUT2D eigenvalue weighted by Gasteiger charge is 2.37. The normalized spacial score (nSPS) is 20.6. The van der Waals surface area contributed by atoms with Crippen LogP contribution in [-0.2, 0) is 9.59 Å². The molecule has 0 aliphatic carbocycles. The van der Waals surface area contributed by atoms with Gasteiger partial charge in [0.1, 0.15) is 5.57 Å². The maximum atomic E-state index is 12.5. The average molecular weight is 467 g/mol. The summed E-state index contributed by atoms with van der Waals surface area (Å²) in [4.78, 5) is 29.1. The largest absolute Gasteiger partial charge is 0.285 e. The Kier molecular flexibility index (Phi) is 7.76. The molecule has 0 bridgehead atoms. The summed E-state index contributed by atoms with van der Waals surface area (Å²) < 4.78 is 2.63. The zero-order chi connectivity index (χ0) is 20.1. The van der Waals surface area contributed by atoms with Crippen molar-refractivity contribution in [1.82, 2.24) is 9.80 Å². The predicted molar refractivity (Wildman–Crippen MR) is 128 cm³/mol. The number of rotatable bonds is 5. The van der Waals surface area contributed by atoms with Gasteiger partial charge < -0.3 is 0 Å². The van der Waals surface area contributed by atoms with Gasteiger partial charge in [-0.05, 0) is 54.4 Å². The second-order valence-corrected chi connectivity index (χ2v) is 10.2. The highest BCUT2D eigenvalue weighted by Crippen LogP contribution is 2.53. The molecular weight excluding hydrogens is 449 g/mol. The fraction of sp³-hybridized carbons (Fsp3) is 0.211. The van der Waals surface area contributed by atoms with Gasteiger partial charge in [0, 0.05) is 18.0 Å². The first-order valence-electron chi connectivity index (χ1n) is 8.56. The van der Waals surface area contributed by atoms with E-state index in [9.17, 15) is 9.59 Å². The molecule has 0 aromatic heterocycles. The Morgan fingerprint density at radius 3 is 2.18 bits per heavy atom. The second kappa shape index (κ2) is 10.1. The van der Waals surface area contributed by atoms with Crippen molar-refractivity contribution in [3.63, 3.8) is 0 Å². The van der Waals surface area contributed by atoms with Crippen molar-refractivity contribution in [2.24, 2.45) is 0 Å². The highest BCUT2D eigenvalue weighted by atomic mass is 32.2. The summed E-state index contributed by atoms with van der Waals surface area (Å²) in [7, 11) is 0. The predicted octanol–water partition coefficient (Wildman–Crippen LogP) is 5.42. The Bertz CT molecular complexity index is 845. The Balaban J connectivity index is 1.64. The van der Waals surface area contributed by atoms with Gasteiger partial charge in [-0.25, -0.2) is 0 Å². The van der Waals surface area contributed by atoms with Crippen LogP contribution in [0.1, 0.15) is 13.8 Å². The lowest BCUT2D eigenvalue weighted by atomic mass is 10.1. The number of hydrogen-bond donors (Lipinski definition) is 0. The Labute approximate surface area is 187 Å². The van der Waals surface area contributed by atoms with E-state index >= 15 is 0 Å². The van der Waals surface area contributed by atoms with E-state index in [1.165, 1.54) is 23.2 Å². The van der Waals surface area contributed by atoms with Crippen LogP contribution in [0.5, 0.6) is 0 Å². The van der Waals surface area contributed by atoms with E-state index in [2.05, 4.69) is 16.2 Å². The smallest absolute Gasteiger partial charge is 0.265 e. The molecule has 0 N–H and O–H groups in total. The molecule has 0 unspecified atom stereocenters. The molecule has 3 heterocycles. The number of carbonyl (C=O) groups excluding carboxylic acids is 2. The summed E-state index contributed by atoms with van der Waals surface area (Å²) in [5.41, 5.74) is 0.141. The van der Waals surface area contributed by atoms with Gasteiger partial charge in [-0.1, -0.05) is 65.3 Å². The number of hydrogen-bond acceptors (Lipinski definition) is 7. The van der Waals surface area contributed by atoms with Crippen LogP contribution in [0.3, 0.4) is 0 Å². The van der Waals surface area contributed by atoms with Crippen LogP contribution in [0.2, 0.25) is 0 Å². The van der Waals surface area contributed by atoms with Crippen molar-refractivity contribution in [3.8, 4) is 0 Å². The van der Waals surface area contributed by atoms with Gasteiger partial charge in [-0.15, -0.1) is 0 Å². The Hall–Kier alpha value is -1.13. The fourth-order valence-corrected chi connectivity index (χ4v) is 7.29. The van der Waals surface area contributed by atoms with E-state index in [0.29, 0.717) is 13.1 Å². The van der Waals surface area contributed by atoms with Crippen LogP contribution in [0, 0.1) is 0 Å². The average Bonchev–Trinajstić information content (AvgIpc) is 3.36. The maximum absolute atomic E-state index is 12.5. The molecule has 28 heavy (non-hydrogen) atoms. The molecule has 3 aliphatic heterocycles. The summed E-state index contributed by atoms with van der Waals surface area (Å²) in [6.45, 7) is 4.57. The molecule has 9 heteroatoms. The number of allylic oxidation sites excluding steroid dienone is 5. The van der Waals surface area contributed by atoms with Crippen molar-refractivity contribution in [2.45, 2.75) is 13.8 Å². The first-order valence-corrected chi connectivity index (χ1v) is 12.4. The van der Waals surface area contributed by atoms with Crippen molar-refractivity contribution in [1.29, 1.82) is 0 Å². The Morgan fingerprint density at radius 1 is 0.929 bits per heavy atom. The lowest BCUT2D eigenvalue weighted by molar-refractivity contribution is -0.133. The summed E-state index contributed by atoms with van der Waals surface area (Å²) in [5.74, 6) is -0.671. The molecule has 0 saturated carbocycles. The molecule has 0 atom stereocenters. The standard InChI is InChI=1S/C19H18N2O2S5/c1-3-20-15(22)14(16(23)21(4-2)19(20)24)9-7-5-6-8-13-12-27-18(28-13)17-25-10-11-26-17/h5-12H,3-4H2,1-2H3/b7-5+,8-6+. The molecule has 1 fully saturated rings. The number of likely N-dealkylation sites (N-methyl/N-ethyl adjacent to an activating group) is 2. The van der Waals surface area contributed by atoms with Crippen molar-refractivity contribution < 1.29 is 9.59 Å². The first kappa shape index (κ1) is 21.6. The highest BCUT2D eigenvalue weighted by molar-refractivity contribution is 8.33. The number of thioether (sulfide) groups is 4. The molecule has 3 rings (SSSR count). The van der Waals surface area contributed by atoms with E-state index in [4.69, 9.17) is 12.2 Å². The minimum Gasteiger partial charge on any atom is -0.285 e. The molecule has 2 amide bonds. The van der Waals surface area contributed by atoms with Gasteiger partial charge >= 0.3 is 0 Å². The third kappa shape index (κ3) is 4.71. The monoisotopic (exact) mass is 466 g/mol. The van der Waals surface area contributed by atoms with Gasteiger partial charge in [0.2, 0.25) is 0 Å². The zero-order valence-electron chi connectivity index (χ0n) is 15.3. The maximum Gasteiger partial charge on any atom is 0.265 e. The number of thiocarbonyl (C=S) groups is 1. The van der Waals surface area contributed by atoms with Crippen LogP contribution >= 0.6 is 59.3 Å². The third-order valence-corrected chi connectivity index (χ3v) is 9.30.